The van der Waals surface area contributed by atoms with Crippen molar-refractivity contribution < 1.29 is 14.3 Å². The number of methoxy groups -OCH3 is 1. The van der Waals surface area contributed by atoms with Crippen molar-refractivity contribution in [3.63, 3.8) is 0 Å². The molecule has 0 bridgehead atoms. The van der Waals surface area contributed by atoms with Crippen LogP contribution in [0.2, 0.25) is 0 Å². The molecule has 43 heavy (non-hydrogen) atoms. The van der Waals surface area contributed by atoms with Gasteiger partial charge in [-0.15, -0.1) is 0 Å². The molecule has 0 atom stereocenters. The lowest BCUT2D eigenvalue weighted by molar-refractivity contribution is 0.262. The van der Waals surface area contributed by atoms with E-state index in [1.165, 1.54) is 5.01 Å². The summed E-state index contributed by atoms with van der Waals surface area (Å²) in [6.45, 7) is 12.4. The van der Waals surface area contributed by atoms with E-state index in [-0.39, 0.29) is 5.41 Å². The number of fused-ring (bicyclic) bond motifs is 1. The molecule has 4 N–H and O–H groups in total. The van der Waals surface area contributed by atoms with E-state index < -0.39 is 6.03 Å². The molecule has 1 heterocycles. The number of allylic oxidation sites excluding steroid dienone is 3. The first kappa shape index (κ1) is 30.8. The number of hydrogen-bond donors (Lipinski definition) is 3. The lowest BCUT2D eigenvalue weighted by Crippen LogP contribution is -2.34. The van der Waals surface area contributed by atoms with Crippen LogP contribution in [0.1, 0.15) is 33.3 Å². The monoisotopic (exact) mass is 578 g/mol. The van der Waals surface area contributed by atoms with E-state index in [4.69, 9.17) is 15.3 Å². The summed E-state index contributed by atoms with van der Waals surface area (Å²) in [5.74, 6) is 8.05. The highest BCUT2D eigenvalue weighted by Crippen LogP contribution is 2.35. The van der Waals surface area contributed by atoms with Crippen LogP contribution in [0.5, 0.6) is 17.4 Å². The topological polar surface area (TPSA) is 115 Å². The maximum Gasteiger partial charge on any atom is 0.323 e. The SMILES string of the molecule is C=C/C=C(\C=C/C)CN(N)c1nccc(Oc2ccc(NC(=O)Nc3cc(C(C)(C)C)ccc3OC)c3ccccc23)n1. The molecule has 2 amide bonds. The Bertz CT molecular complexity index is 1670. The number of carbonyl (C=O) groups is 1. The Morgan fingerprint density at radius 2 is 1.74 bits per heavy atom. The van der Waals surface area contributed by atoms with E-state index >= 15 is 0 Å². The minimum atomic E-state index is -0.394. The van der Waals surface area contributed by atoms with Gasteiger partial charge in [0.05, 0.1) is 25.0 Å². The van der Waals surface area contributed by atoms with E-state index in [0.717, 1.165) is 21.9 Å². The van der Waals surface area contributed by atoms with Gasteiger partial charge in [0.1, 0.15) is 11.5 Å². The predicted octanol–water partition coefficient (Wildman–Crippen LogP) is 7.74. The molecule has 0 aliphatic carbocycles. The molecule has 4 rings (SSSR count). The Morgan fingerprint density at radius 3 is 2.44 bits per heavy atom. The molecule has 4 aromatic rings. The quantitative estimate of drug-likeness (QED) is 0.100. The van der Waals surface area contributed by atoms with Gasteiger partial charge in [0.15, 0.2) is 0 Å². The number of aromatic nitrogens is 2. The van der Waals surface area contributed by atoms with Gasteiger partial charge in [-0.2, -0.15) is 4.98 Å². The van der Waals surface area contributed by atoms with Gasteiger partial charge in [0.2, 0.25) is 11.8 Å². The highest BCUT2D eigenvalue weighted by atomic mass is 16.5. The number of amides is 2. The van der Waals surface area contributed by atoms with Gasteiger partial charge < -0.3 is 20.1 Å². The maximum atomic E-state index is 13.1. The molecule has 0 saturated heterocycles. The summed E-state index contributed by atoms with van der Waals surface area (Å²) in [5, 5.41) is 8.94. The molecule has 0 unspecified atom stereocenters. The predicted molar refractivity (Wildman–Crippen MR) is 175 cm³/mol. The van der Waals surface area contributed by atoms with Gasteiger partial charge >= 0.3 is 6.03 Å². The number of nitrogens with zero attached hydrogens (tertiary/aromatic N) is 3. The summed E-state index contributed by atoms with van der Waals surface area (Å²) in [5.41, 5.74) is 3.15. The summed E-state index contributed by atoms with van der Waals surface area (Å²) >= 11 is 0. The Kier molecular flexibility index (Phi) is 9.80. The third-order valence-electron chi connectivity index (χ3n) is 6.60. The molecule has 0 aliphatic rings. The van der Waals surface area contributed by atoms with Gasteiger partial charge in [-0.3, -0.25) is 5.01 Å². The lowest BCUT2D eigenvalue weighted by atomic mass is 9.87. The molecule has 0 saturated carbocycles. The van der Waals surface area contributed by atoms with Crippen LogP contribution in [0, 0.1) is 0 Å². The third kappa shape index (κ3) is 7.78. The number of anilines is 3. The first-order valence-corrected chi connectivity index (χ1v) is 13.9. The molecule has 0 spiro atoms. The fourth-order valence-electron chi connectivity index (χ4n) is 4.45. The van der Waals surface area contributed by atoms with E-state index in [0.29, 0.717) is 41.2 Å². The summed E-state index contributed by atoms with van der Waals surface area (Å²) in [6.07, 6.45) is 9.05. The number of urea groups is 1. The van der Waals surface area contributed by atoms with Crippen molar-refractivity contribution in [1.82, 2.24) is 9.97 Å². The average Bonchev–Trinajstić information content (AvgIpc) is 2.98. The van der Waals surface area contributed by atoms with Crippen molar-refractivity contribution in [1.29, 1.82) is 0 Å². The van der Waals surface area contributed by atoms with E-state index in [2.05, 4.69) is 48.0 Å². The zero-order chi connectivity index (χ0) is 31.0. The van der Waals surface area contributed by atoms with Crippen molar-refractivity contribution in [2.45, 2.75) is 33.1 Å². The molecule has 1 aromatic heterocycles. The summed E-state index contributed by atoms with van der Waals surface area (Å²) in [4.78, 5) is 21.9. The zero-order valence-corrected chi connectivity index (χ0v) is 25.2. The minimum Gasteiger partial charge on any atom is -0.495 e. The van der Waals surface area contributed by atoms with E-state index in [9.17, 15) is 4.79 Å². The van der Waals surface area contributed by atoms with Gasteiger partial charge in [0.25, 0.3) is 0 Å². The van der Waals surface area contributed by atoms with Crippen molar-refractivity contribution >= 4 is 34.1 Å². The minimum absolute atomic E-state index is 0.0873. The van der Waals surface area contributed by atoms with E-state index in [1.54, 1.807) is 37.6 Å². The van der Waals surface area contributed by atoms with Crippen LogP contribution in [0.3, 0.4) is 0 Å². The summed E-state index contributed by atoms with van der Waals surface area (Å²) < 4.78 is 11.7. The number of nitrogens with two attached hydrogens (primary N) is 1. The molecule has 0 aliphatic heterocycles. The Morgan fingerprint density at radius 1 is 1.02 bits per heavy atom. The average molecular weight is 579 g/mol. The fourth-order valence-corrected chi connectivity index (χ4v) is 4.45. The number of hydrogen-bond acceptors (Lipinski definition) is 7. The number of hydrazine groups is 1. The van der Waals surface area contributed by atoms with Crippen molar-refractivity contribution in [2.75, 3.05) is 29.3 Å². The number of rotatable bonds is 10. The van der Waals surface area contributed by atoms with Gasteiger partial charge in [-0.25, -0.2) is 15.6 Å². The van der Waals surface area contributed by atoms with Crippen LogP contribution in [-0.4, -0.2) is 29.7 Å². The molecule has 3 aromatic carbocycles. The van der Waals surface area contributed by atoms with Gasteiger partial charge in [-0.1, -0.05) is 82.0 Å². The molecular weight excluding hydrogens is 540 g/mol. The zero-order valence-electron chi connectivity index (χ0n) is 25.2. The second-order valence-electron chi connectivity index (χ2n) is 10.8. The third-order valence-corrected chi connectivity index (χ3v) is 6.60. The van der Waals surface area contributed by atoms with E-state index in [1.807, 2.05) is 67.6 Å². The highest BCUT2D eigenvalue weighted by molar-refractivity contribution is 6.08. The normalized spacial score (nSPS) is 11.8. The number of ether oxygens (including phenoxy) is 2. The van der Waals surface area contributed by atoms with Crippen LogP contribution >= 0.6 is 0 Å². The van der Waals surface area contributed by atoms with Gasteiger partial charge in [-0.05, 0) is 47.7 Å². The van der Waals surface area contributed by atoms with Crippen LogP contribution in [-0.2, 0) is 5.41 Å². The molecule has 0 fully saturated rings. The molecule has 9 nitrogen and oxygen atoms in total. The van der Waals surface area contributed by atoms with Crippen LogP contribution in [0.25, 0.3) is 10.8 Å². The Hall–Kier alpha value is -5.15. The largest absolute Gasteiger partial charge is 0.495 e. The van der Waals surface area contributed by atoms with Crippen molar-refractivity contribution in [2.24, 2.45) is 5.84 Å². The molecule has 222 valence electrons. The Balaban J connectivity index is 1.55. The second kappa shape index (κ2) is 13.7. The maximum absolute atomic E-state index is 13.1. The van der Waals surface area contributed by atoms with Crippen LogP contribution < -0.4 is 31.0 Å². The molecule has 0 radical (unpaired) electrons. The first-order valence-electron chi connectivity index (χ1n) is 13.9. The number of nitrogens with one attached hydrogen (secondary N) is 2. The van der Waals surface area contributed by atoms with Crippen LogP contribution in [0.15, 0.2) is 103 Å². The first-order chi connectivity index (χ1) is 20.6. The summed E-state index contributed by atoms with van der Waals surface area (Å²) in [6, 6.07) is 18.3. The van der Waals surface area contributed by atoms with Crippen molar-refractivity contribution in [3.8, 4) is 17.4 Å². The lowest BCUT2D eigenvalue weighted by Gasteiger charge is -2.21. The Labute approximate surface area is 252 Å². The van der Waals surface area contributed by atoms with Gasteiger partial charge in [0, 0.05) is 23.0 Å². The summed E-state index contributed by atoms with van der Waals surface area (Å²) in [7, 11) is 1.58. The second-order valence-corrected chi connectivity index (χ2v) is 10.8. The van der Waals surface area contributed by atoms with Crippen molar-refractivity contribution in [3.05, 3.63) is 109 Å². The van der Waals surface area contributed by atoms with Crippen LogP contribution in [0.4, 0.5) is 22.1 Å². The highest BCUT2D eigenvalue weighted by Gasteiger charge is 2.18. The standard InChI is InChI=1S/C34H38N6O3/c1-7-11-23(12-8-2)22-40(35)32-36-20-19-31(39-32)43-29-18-16-27(25-13-9-10-14-26(25)29)37-33(41)38-28-21-24(34(3,4)5)15-17-30(28)42-6/h7-21H,1,22,35H2,2-6H3,(H2,37,38,41)/b12-8-,23-11+. The molecule has 9 heteroatoms. The smallest absolute Gasteiger partial charge is 0.323 e. The number of benzene rings is 3. The number of carbonyl (C=O) groups excluding carboxylic acids is 1. The fraction of sp³-hybridized carbons (Fsp3) is 0.206. The molecular formula is C34H38N6O3.